The van der Waals surface area contributed by atoms with Gasteiger partial charge in [-0.25, -0.2) is 0 Å². The number of nitrogens with zero attached hydrogens (tertiary/aromatic N) is 1. The zero-order valence-corrected chi connectivity index (χ0v) is 14.3. The van der Waals surface area contributed by atoms with Crippen molar-refractivity contribution in [2.75, 3.05) is 6.61 Å². The van der Waals surface area contributed by atoms with Gasteiger partial charge < -0.3 is 4.74 Å². The average molecular weight is 337 g/mol. The van der Waals surface area contributed by atoms with Crippen molar-refractivity contribution in [1.82, 2.24) is 0 Å². The van der Waals surface area contributed by atoms with E-state index in [9.17, 15) is 4.79 Å². The lowest BCUT2D eigenvalue weighted by Gasteiger charge is -2.18. The molecular weight excluding hydrogens is 318 g/mol. The summed E-state index contributed by atoms with van der Waals surface area (Å²) in [6.45, 7) is 2.71. The van der Waals surface area contributed by atoms with E-state index in [1.807, 2.05) is 67.6 Å². The number of allylic oxidation sites excluding steroid dienone is 1. The first-order valence-electron chi connectivity index (χ1n) is 7.90. The smallest absolute Gasteiger partial charge is 0.179 e. The molecule has 1 aliphatic heterocycles. The second kappa shape index (κ2) is 8.08. The molecule has 0 bridgehead atoms. The number of hydrogen-bond donors (Lipinski definition) is 0. The molecule has 1 atom stereocenters. The van der Waals surface area contributed by atoms with Crippen molar-refractivity contribution in [2.45, 2.75) is 18.4 Å². The largest absolute Gasteiger partial charge is 0.370 e. The molecule has 3 rings (SSSR count). The van der Waals surface area contributed by atoms with Gasteiger partial charge in [0, 0.05) is 11.1 Å². The maximum Gasteiger partial charge on any atom is 0.179 e. The first kappa shape index (κ1) is 16.7. The van der Waals surface area contributed by atoms with Crippen LogP contribution in [0.2, 0.25) is 0 Å². The van der Waals surface area contributed by atoms with Gasteiger partial charge in [0.25, 0.3) is 0 Å². The van der Waals surface area contributed by atoms with Crippen LogP contribution < -0.4 is 0 Å². The Hall–Kier alpha value is -2.17. The topological polar surface area (TPSA) is 38.7 Å². The summed E-state index contributed by atoms with van der Waals surface area (Å²) < 4.78 is 5.77. The lowest BCUT2D eigenvalue weighted by Crippen LogP contribution is -2.20. The molecular formula is C20H19NO2S. The summed E-state index contributed by atoms with van der Waals surface area (Å²) >= 11 is 1.47. The van der Waals surface area contributed by atoms with Gasteiger partial charge in [-0.15, -0.1) is 0 Å². The van der Waals surface area contributed by atoms with E-state index in [4.69, 9.17) is 4.74 Å². The normalized spacial score (nSPS) is 17.4. The predicted octanol–water partition coefficient (Wildman–Crippen LogP) is 4.50. The monoisotopic (exact) mass is 337 g/mol. The minimum atomic E-state index is -0.186. The molecule has 122 valence electrons. The van der Waals surface area contributed by atoms with Crippen LogP contribution in [-0.2, 0) is 16.1 Å². The van der Waals surface area contributed by atoms with Crippen LogP contribution in [-0.4, -0.2) is 18.6 Å². The summed E-state index contributed by atoms with van der Waals surface area (Å²) in [6, 6.07) is 19.9. The maximum atomic E-state index is 12.5. The molecule has 3 nitrogen and oxygen atoms in total. The fraction of sp³-hybridized carbons (Fsp3) is 0.200. The lowest BCUT2D eigenvalue weighted by molar-refractivity contribution is -0.116. The van der Waals surface area contributed by atoms with E-state index in [1.165, 1.54) is 11.8 Å². The third-order valence-corrected chi connectivity index (χ3v) is 4.82. The molecule has 0 aliphatic carbocycles. The quantitative estimate of drug-likeness (QED) is 0.779. The highest BCUT2D eigenvalue weighted by molar-refractivity contribution is 8.04. The number of hydrogen-bond acceptors (Lipinski definition) is 4. The van der Waals surface area contributed by atoms with Crippen LogP contribution in [0.4, 0.5) is 0 Å². The molecule has 0 N–H and O–H groups in total. The molecule has 0 saturated carbocycles. The van der Waals surface area contributed by atoms with E-state index in [-0.39, 0.29) is 11.7 Å². The zero-order chi connectivity index (χ0) is 16.8. The Bertz CT molecular complexity index is 754. The SMILES string of the molecule is CC1C=NC(COCc2ccccc2)=C(Sc2ccccc2)C1=O. The molecule has 0 spiro atoms. The third-order valence-electron chi connectivity index (χ3n) is 3.67. The first-order chi connectivity index (χ1) is 11.7. The van der Waals surface area contributed by atoms with Crippen molar-refractivity contribution >= 4 is 23.8 Å². The molecule has 0 radical (unpaired) electrons. The number of carbonyl (C=O) groups excluding carboxylic acids is 1. The number of ketones is 1. The Morgan fingerprint density at radius 3 is 2.38 bits per heavy atom. The maximum absolute atomic E-state index is 12.5. The molecule has 1 unspecified atom stereocenters. The van der Waals surface area contributed by atoms with E-state index in [0.29, 0.717) is 23.8 Å². The minimum Gasteiger partial charge on any atom is -0.370 e. The Morgan fingerprint density at radius 2 is 1.67 bits per heavy atom. The van der Waals surface area contributed by atoms with Crippen molar-refractivity contribution in [3.63, 3.8) is 0 Å². The standard InChI is InChI=1S/C20H19NO2S/c1-15-12-21-18(14-23-13-16-8-4-2-5-9-16)20(19(15)22)24-17-10-6-3-7-11-17/h2-12,15H,13-14H2,1H3. The Kier molecular flexibility index (Phi) is 5.62. The molecule has 0 fully saturated rings. The van der Waals surface area contributed by atoms with Crippen LogP contribution in [0.5, 0.6) is 0 Å². The van der Waals surface area contributed by atoms with Gasteiger partial charge in [0.05, 0.1) is 29.7 Å². The average Bonchev–Trinajstić information content (AvgIpc) is 2.63. The number of carbonyl (C=O) groups is 1. The second-order valence-electron chi connectivity index (χ2n) is 5.60. The number of ether oxygens (including phenoxy) is 1. The molecule has 0 saturated heterocycles. The van der Waals surface area contributed by atoms with E-state index in [1.54, 1.807) is 6.21 Å². The van der Waals surface area contributed by atoms with Gasteiger partial charge in [-0.2, -0.15) is 0 Å². The summed E-state index contributed by atoms with van der Waals surface area (Å²) in [5.41, 5.74) is 1.82. The van der Waals surface area contributed by atoms with Gasteiger partial charge in [0.2, 0.25) is 0 Å². The van der Waals surface area contributed by atoms with Crippen LogP contribution in [0.1, 0.15) is 12.5 Å². The van der Waals surface area contributed by atoms with Crippen molar-refractivity contribution in [3.8, 4) is 0 Å². The molecule has 4 heteroatoms. The van der Waals surface area contributed by atoms with Gasteiger partial charge >= 0.3 is 0 Å². The minimum absolute atomic E-state index is 0.108. The van der Waals surface area contributed by atoms with Crippen LogP contribution >= 0.6 is 11.8 Å². The summed E-state index contributed by atoms with van der Waals surface area (Å²) in [4.78, 5) is 18.7. The summed E-state index contributed by atoms with van der Waals surface area (Å²) in [5, 5.41) is 0. The number of benzene rings is 2. The first-order valence-corrected chi connectivity index (χ1v) is 8.72. The Labute approximate surface area is 146 Å². The van der Waals surface area contributed by atoms with E-state index in [2.05, 4.69) is 4.99 Å². The Balaban J connectivity index is 1.73. The zero-order valence-electron chi connectivity index (χ0n) is 13.5. The second-order valence-corrected chi connectivity index (χ2v) is 6.68. The van der Waals surface area contributed by atoms with Crippen LogP contribution in [0.25, 0.3) is 0 Å². The highest BCUT2D eigenvalue weighted by atomic mass is 32.2. The number of Topliss-reactive ketones (excluding diaryl/α,β-unsaturated/α-hetero) is 1. The number of aliphatic imine (C=N–C) groups is 1. The van der Waals surface area contributed by atoms with Crippen LogP contribution in [0.3, 0.4) is 0 Å². The van der Waals surface area contributed by atoms with Crippen LogP contribution in [0.15, 0.2) is 81.2 Å². The third kappa shape index (κ3) is 4.22. The van der Waals surface area contributed by atoms with Gasteiger partial charge in [-0.05, 0) is 17.7 Å². The molecule has 2 aromatic rings. The van der Waals surface area contributed by atoms with Crippen molar-refractivity contribution in [3.05, 3.63) is 76.8 Å². The fourth-order valence-electron chi connectivity index (χ4n) is 2.34. The molecule has 1 aliphatic rings. The lowest BCUT2D eigenvalue weighted by atomic mass is 10.0. The fourth-order valence-corrected chi connectivity index (χ4v) is 3.38. The van der Waals surface area contributed by atoms with Crippen molar-refractivity contribution in [1.29, 1.82) is 0 Å². The summed E-state index contributed by atoms with van der Waals surface area (Å²) in [6.07, 6.45) is 1.71. The summed E-state index contributed by atoms with van der Waals surface area (Å²) in [5.74, 6) is -0.0775. The summed E-state index contributed by atoms with van der Waals surface area (Å²) in [7, 11) is 0. The molecule has 0 amide bonds. The van der Waals surface area contributed by atoms with Gasteiger partial charge in [-0.3, -0.25) is 9.79 Å². The van der Waals surface area contributed by atoms with Gasteiger partial charge in [-0.1, -0.05) is 67.2 Å². The van der Waals surface area contributed by atoms with E-state index >= 15 is 0 Å². The van der Waals surface area contributed by atoms with Crippen LogP contribution in [0, 0.1) is 5.92 Å². The van der Waals surface area contributed by atoms with E-state index in [0.717, 1.165) is 10.5 Å². The molecule has 2 aromatic carbocycles. The molecule has 0 aromatic heterocycles. The molecule has 24 heavy (non-hydrogen) atoms. The number of rotatable bonds is 6. The highest BCUT2D eigenvalue weighted by Crippen LogP contribution is 2.33. The Morgan fingerprint density at radius 1 is 1.00 bits per heavy atom. The molecule has 1 heterocycles. The highest BCUT2D eigenvalue weighted by Gasteiger charge is 2.25. The van der Waals surface area contributed by atoms with Crippen molar-refractivity contribution in [2.24, 2.45) is 10.9 Å². The van der Waals surface area contributed by atoms with Crippen molar-refractivity contribution < 1.29 is 9.53 Å². The van der Waals surface area contributed by atoms with Gasteiger partial charge in [0.1, 0.15) is 0 Å². The van der Waals surface area contributed by atoms with E-state index < -0.39 is 0 Å². The predicted molar refractivity (Wildman–Crippen MR) is 98.1 cm³/mol. The number of thioether (sulfide) groups is 1. The van der Waals surface area contributed by atoms with Gasteiger partial charge in [0.15, 0.2) is 5.78 Å².